The number of carbonyl (C=O) groups excluding carboxylic acids is 1. The van der Waals surface area contributed by atoms with Crippen LogP contribution in [0.4, 0.5) is 5.13 Å². The Bertz CT molecular complexity index is 867. The number of thiazole rings is 1. The fourth-order valence-electron chi connectivity index (χ4n) is 2.95. The van der Waals surface area contributed by atoms with Crippen LogP contribution in [-0.2, 0) is 20.7 Å². The van der Waals surface area contributed by atoms with Crippen molar-refractivity contribution in [2.45, 2.75) is 13.3 Å². The molecule has 1 aromatic carbocycles. The number of carbonyl (C=O) groups is 1. The Morgan fingerprint density at radius 1 is 1.35 bits per heavy atom. The molecule has 0 bridgehead atoms. The number of nitrogens with one attached hydrogen (secondary N) is 1. The fourth-order valence-corrected chi connectivity index (χ4v) is 3.61. The van der Waals surface area contributed by atoms with Crippen molar-refractivity contribution in [3.8, 4) is 11.5 Å². The molecule has 0 aliphatic carbocycles. The number of esters is 1. The maximum atomic E-state index is 11.5. The highest BCUT2D eigenvalue weighted by Crippen LogP contribution is 2.27. The number of hydrazone groups is 1. The fraction of sp³-hybridized carbons (Fsp3) is 0.476. The highest BCUT2D eigenvalue weighted by Gasteiger charge is 2.11. The number of rotatable bonds is 11. The minimum absolute atomic E-state index is 0.153. The summed E-state index contributed by atoms with van der Waals surface area (Å²) in [6.07, 6.45) is 1.83. The molecule has 1 fully saturated rings. The number of nitrogens with zero attached hydrogens (tertiary/aromatic N) is 3. The van der Waals surface area contributed by atoms with Gasteiger partial charge in [-0.3, -0.25) is 15.1 Å². The summed E-state index contributed by atoms with van der Waals surface area (Å²) in [6.45, 7) is 7.01. The number of hydrogen-bond acceptors (Lipinski definition) is 10. The van der Waals surface area contributed by atoms with Crippen molar-refractivity contribution in [2.24, 2.45) is 5.10 Å². The number of aromatic nitrogens is 1. The minimum atomic E-state index is -0.290. The summed E-state index contributed by atoms with van der Waals surface area (Å²) in [5.41, 5.74) is 4.39. The summed E-state index contributed by atoms with van der Waals surface area (Å²) in [6, 6.07) is 5.65. The van der Waals surface area contributed by atoms with Gasteiger partial charge < -0.3 is 18.9 Å². The van der Waals surface area contributed by atoms with Gasteiger partial charge in [-0.25, -0.2) is 4.98 Å². The van der Waals surface area contributed by atoms with Crippen LogP contribution in [-0.4, -0.2) is 75.2 Å². The Kier molecular flexibility index (Phi) is 9.07. The predicted molar refractivity (Wildman–Crippen MR) is 119 cm³/mol. The molecule has 0 atom stereocenters. The lowest BCUT2D eigenvalue weighted by Crippen LogP contribution is -2.38. The summed E-state index contributed by atoms with van der Waals surface area (Å²) in [5, 5.41) is 6.62. The van der Waals surface area contributed by atoms with Crippen molar-refractivity contribution >= 4 is 28.7 Å². The molecule has 3 rings (SSSR count). The summed E-state index contributed by atoms with van der Waals surface area (Å²) in [7, 11) is 1.62. The van der Waals surface area contributed by atoms with E-state index in [2.05, 4.69) is 20.4 Å². The SMILES string of the molecule is CCOC(=O)Cc1csc(NN=Cc2ccc(OCCN3CCOCC3)c(OC)c2)n1. The molecule has 1 saturated heterocycles. The molecule has 2 heterocycles. The van der Waals surface area contributed by atoms with Gasteiger partial charge in [0.25, 0.3) is 0 Å². The number of hydrogen-bond donors (Lipinski definition) is 1. The Morgan fingerprint density at radius 3 is 2.97 bits per heavy atom. The largest absolute Gasteiger partial charge is 0.493 e. The zero-order chi connectivity index (χ0) is 21.9. The summed E-state index contributed by atoms with van der Waals surface area (Å²) in [4.78, 5) is 18.2. The van der Waals surface area contributed by atoms with Gasteiger partial charge >= 0.3 is 5.97 Å². The topological polar surface area (TPSA) is 94.5 Å². The first-order valence-electron chi connectivity index (χ1n) is 10.2. The van der Waals surface area contributed by atoms with Crippen LogP contribution < -0.4 is 14.9 Å². The molecular weight excluding hydrogens is 420 g/mol. The van der Waals surface area contributed by atoms with Crippen LogP contribution in [0.5, 0.6) is 11.5 Å². The molecule has 9 nitrogen and oxygen atoms in total. The molecular formula is C21H28N4O5S. The van der Waals surface area contributed by atoms with Crippen LogP contribution in [0.25, 0.3) is 0 Å². The monoisotopic (exact) mass is 448 g/mol. The van der Waals surface area contributed by atoms with E-state index in [-0.39, 0.29) is 12.4 Å². The minimum Gasteiger partial charge on any atom is -0.493 e. The van der Waals surface area contributed by atoms with E-state index in [0.29, 0.717) is 35.5 Å². The molecule has 10 heteroatoms. The summed E-state index contributed by atoms with van der Waals surface area (Å²) >= 11 is 1.38. The Hall–Kier alpha value is -2.69. The van der Waals surface area contributed by atoms with Crippen molar-refractivity contribution in [2.75, 3.05) is 58.6 Å². The van der Waals surface area contributed by atoms with E-state index in [1.165, 1.54) is 11.3 Å². The van der Waals surface area contributed by atoms with Crippen molar-refractivity contribution in [1.29, 1.82) is 0 Å². The highest BCUT2D eigenvalue weighted by atomic mass is 32.1. The second kappa shape index (κ2) is 12.2. The van der Waals surface area contributed by atoms with Gasteiger partial charge in [0.1, 0.15) is 6.61 Å². The zero-order valence-corrected chi connectivity index (χ0v) is 18.7. The van der Waals surface area contributed by atoms with Gasteiger partial charge in [-0.15, -0.1) is 11.3 Å². The molecule has 168 valence electrons. The number of benzene rings is 1. The number of ether oxygens (including phenoxy) is 4. The first-order valence-corrected chi connectivity index (χ1v) is 11.1. The highest BCUT2D eigenvalue weighted by molar-refractivity contribution is 7.13. The van der Waals surface area contributed by atoms with Crippen LogP contribution in [0.2, 0.25) is 0 Å². The van der Waals surface area contributed by atoms with Gasteiger partial charge in [-0.1, -0.05) is 0 Å². The smallest absolute Gasteiger partial charge is 0.311 e. The number of morpholine rings is 1. The van der Waals surface area contributed by atoms with E-state index in [9.17, 15) is 4.79 Å². The van der Waals surface area contributed by atoms with E-state index < -0.39 is 0 Å². The molecule has 1 N–H and O–H groups in total. The number of methoxy groups -OCH3 is 1. The quantitative estimate of drug-likeness (QED) is 0.318. The maximum absolute atomic E-state index is 11.5. The van der Waals surface area contributed by atoms with Crippen LogP contribution in [0, 0.1) is 0 Å². The molecule has 1 aliphatic heterocycles. The Morgan fingerprint density at radius 2 is 2.19 bits per heavy atom. The van der Waals surface area contributed by atoms with Crippen LogP contribution >= 0.6 is 11.3 Å². The molecule has 0 radical (unpaired) electrons. The first-order chi connectivity index (χ1) is 15.2. The average Bonchev–Trinajstić information content (AvgIpc) is 3.22. The van der Waals surface area contributed by atoms with Crippen LogP contribution in [0.15, 0.2) is 28.7 Å². The number of anilines is 1. The molecule has 0 amide bonds. The second-order valence-corrected chi connectivity index (χ2v) is 7.57. The lowest BCUT2D eigenvalue weighted by Gasteiger charge is -2.26. The average molecular weight is 449 g/mol. The van der Waals surface area contributed by atoms with Gasteiger partial charge in [0.05, 0.1) is 45.3 Å². The third kappa shape index (κ3) is 7.50. The third-order valence-corrected chi connectivity index (χ3v) is 5.31. The molecule has 1 aromatic heterocycles. The van der Waals surface area contributed by atoms with Gasteiger partial charge in [0.15, 0.2) is 11.5 Å². The molecule has 0 unspecified atom stereocenters. The van der Waals surface area contributed by atoms with Crippen molar-refractivity contribution in [1.82, 2.24) is 9.88 Å². The standard InChI is InChI=1S/C21H28N4O5S/c1-3-29-20(26)13-17-15-31-21(23-17)24-22-14-16-4-5-18(19(12-16)27-2)30-11-8-25-6-9-28-10-7-25/h4-5,12,14-15H,3,6-11,13H2,1-2H3,(H,23,24). The van der Waals surface area contributed by atoms with Gasteiger partial charge in [0.2, 0.25) is 5.13 Å². The van der Waals surface area contributed by atoms with Crippen LogP contribution in [0.3, 0.4) is 0 Å². The zero-order valence-electron chi connectivity index (χ0n) is 17.8. The maximum Gasteiger partial charge on any atom is 0.311 e. The van der Waals surface area contributed by atoms with Crippen LogP contribution in [0.1, 0.15) is 18.2 Å². The summed E-state index contributed by atoms with van der Waals surface area (Å²) in [5.74, 6) is 1.06. The van der Waals surface area contributed by atoms with E-state index in [1.807, 2.05) is 18.2 Å². The van der Waals surface area contributed by atoms with E-state index in [0.717, 1.165) is 38.4 Å². The van der Waals surface area contributed by atoms with Gasteiger partial charge in [-0.2, -0.15) is 5.10 Å². The van der Waals surface area contributed by atoms with Crippen molar-refractivity contribution < 1.29 is 23.7 Å². The molecule has 0 spiro atoms. The van der Waals surface area contributed by atoms with E-state index >= 15 is 0 Å². The lowest BCUT2D eigenvalue weighted by molar-refractivity contribution is -0.142. The summed E-state index contributed by atoms with van der Waals surface area (Å²) < 4.78 is 21.6. The molecule has 31 heavy (non-hydrogen) atoms. The molecule has 2 aromatic rings. The Balaban J connectivity index is 1.49. The second-order valence-electron chi connectivity index (χ2n) is 6.71. The van der Waals surface area contributed by atoms with E-state index in [4.69, 9.17) is 18.9 Å². The predicted octanol–water partition coefficient (Wildman–Crippen LogP) is 2.41. The van der Waals surface area contributed by atoms with Gasteiger partial charge in [0, 0.05) is 25.0 Å². The first kappa shape index (κ1) is 23.0. The van der Waals surface area contributed by atoms with Crippen molar-refractivity contribution in [3.05, 3.63) is 34.8 Å². The van der Waals surface area contributed by atoms with E-state index in [1.54, 1.807) is 25.6 Å². The molecule has 1 aliphatic rings. The third-order valence-electron chi connectivity index (χ3n) is 4.51. The lowest BCUT2D eigenvalue weighted by atomic mass is 10.2. The normalized spacial score (nSPS) is 14.5. The Labute approximate surface area is 186 Å². The van der Waals surface area contributed by atoms with Gasteiger partial charge in [-0.05, 0) is 30.7 Å². The van der Waals surface area contributed by atoms with Crippen molar-refractivity contribution in [3.63, 3.8) is 0 Å². The molecule has 0 saturated carbocycles.